The minimum Gasteiger partial charge on any atom is -0.125 e. The molecule has 0 amide bonds. The van der Waals surface area contributed by atoms with Crippen LogP contribution in [0.25, 0.3) is 0 Å². The molecule has 0 unspecified atom stereocenters. The monoisotopic (exact) mass is 340 g/mol. The summed E-state index contributed by atoms with van der Waals surface area (Å²) in [5.74, 6) is 3.85. The third kappa shape index (κ3) is 4.06. The lowest BCUT2D eigenvalue weighted by atomic mass is 10.2. The molecule has 0 radical (unpaired) electrons. The molecule has 3 heteroatoms. The zero-order chi connectivity index (χ0) is 16.2. The van der Waals surface area contributed by atoms with Crippen molar-refractivity contribution in [3.8, 4) is 11.5 Å². The van der Waals surface area contributed by atoms with Gasteiger partial charge in [-0.25, -0.2) is 0 Å². The van der Waals surface area contributed by atoms with E-state index in [1.54, 1.807) is 0 Å². The molecule has 0 nitrogen and oxygen atoms in total. The minimum absolute atomic E-state index is 0.440. The van der Waals surface area contributed by atoms with E-state index < -0.39 is 8.07 Å². The van der Waals surface area contributed by atoms with Crippen molar-refractivity contribution in [2.45, 2.75) is 64.0 Å². The number of rotatable bonds is 4. The van der Waals surface area contributed by atoms with E-state index in [0.717, 1.165) is 11.1 Å². The fraction of sp³-hybridized carbons (Fsp3) is 0.556. The second-order valence-corrected chi connectivity index (χ2v) is 12.8. The van der Waals surface area contributed by atoms with Gasteiger partial charge in [-0.2, -0.15) is 0 Å². The van der Waals surface area contributed by atoms with Crippen LogP contribution in [0.1, 0.15) is 52.7 Å². The molecular weight excluding hydrogens is 315 g/mol. The molecular formula is C18H26Cl2Si. The molecule has 0 aromatic heterocycles. The van der Waals surface area contributed by atoms with E-state index in [4.69, 9.17) is 23.2 Å². The van der Waals surface area contributed by atoms with Gasteiger partial charge in [0.05, 0.1) is 0 Å². The summed E-state index contributed by atoms with van der Waals surface area (Å²) in [6, 6.07) is 5.94. The van der Waals surface area contributed by atoms with Gasteiger partial charge in [0.2, 0.25) is 0 Å². The first-order chi connectivity index (χ1) is 9.75. The quantitative estimate of drug-likeness (QED) is 0.327. The van der Waals surface area contributed by atoms with Gasteiger partial charge in [0.25, 0.3) is 0 Å². The largest absolute Gasteiger partial charge is 0.146 e. The third-order valence-electron chi connectivity index (χ3n) is 4.49. The molecule has 0 fully saturated rings. The summed E-state index contributed by atoms with van der Waals surface area (Å²) in [6.45, 7) is 13.9. The highest BCUT2D eigenvalue weighted by Crippen LogP contribution is 2.40. The molecule has 0 aliphatic rings. The van der Waals surface area contributed by atoms with Gasteiger partial charge < -0.3 is 0 Å². The van der Waals surface area contributed by atoms with E-state index in [0.29, 0.717) is 27.5 Å². The summed E-state index contributed by atoms with van der Waals surface area (Å²) in [5, 5.41) is 0.711. The number of hydrogen-bond donors (Lipinski definition) is 0. The normalized spacial score (nSPS) is 12.0. The van der Waals surface area contributed by atoms with E-state index in [9.17, 15) is 0 Å². The Morgan fingerprint density at radius 2 is 1.52 bits per heavy atom. The van der Waals surface area contributed by atoms with Crippen LogP contribution < -0.4 is 0 Å². The smallest absolute Gasteiger partial charge is 0.125 e. The minimum atomic E-state index is -1.68. The molecule has 0 aliphatic heterocycles. The maximum atomic E-state index is 6.23. The molecule has 1 rings (SSSR count). The average molecular weight is 341 g/mol. The molecule has 1 aromatic carbocycles. The van der Waals surface area contributed by atoms with Crippen LogP contribution in [-0.4, -0.2) is 8.07 Å². The molecule has 1 aromatic rings. The maximum Gasteiger partial charge on any atom is 0.146 e. The first kappa shape index (κ1) is 18.6. The van der Waals surface area contributed by atoms with E-state index in [1.807, 2.05) is 18.2 Å². The molecule has 0 heterocycles. The van der Waals surface area contributed by atoms with Crippen molar-refractivity contribution < 1.29 is 0 Å². The first-order valence-corrected chi connectivity index (χ1v) is 10.8. The van der Waals surface area contributed by atoms with Gasteiger partial charge in [0.1, 0.15) is 8.07 Å². The van der Waals surface area contributed by atoms with Crippen molar-refractivity contribution in [1.29, 1.82) is 0 Å². The van der Waals surface area contributed by atoms with Gasteiger partial charge in [0.15, 0.2) is 0 Å². The highest BCUT2D eigenvalue weighted by Gasteiger charge is 2.41. The molecule has 0 saturated heterocycles. The highest BCUT2D eigenvalue weighted by molar-refractivity contribution is 6.90. The summed E-state index contributed by atoms with van der Waals surface area (Å²) in [7, 11) is -1.68. The second kappa shape index (κ2) is 7.72. The van der Waals surface area contributed by atoms with E-state index >= 15 is 0 Å². The summed E-state index contributed by atoms with van der Waals surface area (Å²) < 4.78 is 0. The third-order valence-corrected chi connectivity index (χ3v) is 11.4. The molecule has 0 spiro atoms. The molecule has 0 aliphatic carbocycles. The summed E-state index contributed by atoms with van der Waals surface area (Å²) >= 11 is 12.1. The molecule has 0 atom stereocenters. The SMILES string of the molecule is CC(C)[Si](C#Cc1ccc(CCl)c(Cl)c1)(C(C)C)C(C)C. The molecule has 0 bridgehead atoms. The predicted octanol–water partition coefficient (Wildman–Crippen LogP) is 6.65. The van der Waals surface area contributed by atoms with E-state index in [2.05, 4.69) is 53.0 Å². The number of halogens is 2. The standard InChI is InChI=1S/C18H26Cl2Si/c1-13(2)21(14(3)4,15(5)6)10-9-16-7-8-17(12-19)18(20)11-16/h7-8,11,13-15H,12H2,1-6H3. The van der Waals surface area contributed by atoms with Gasteiger partial charge in [-0.3, -0.25) is 0 Å². The van der Waals surface area contributed by atoms with Crippen LogP contribution in [0.4, 0.5) is 0 Å². The van der Waals surface area contributed by atoms with Crippen LogP contribution in [0.5, 0.6) is 0 Å². The van der Waals surface area contributed by atoms with Crippen LogP contribution >= 0.6 is 23.2 Å². The molecule has 21 heavy (non-hydrogen) atoms. The number of alkyl halides is 1. The molecule has 0 N–H and O–H groups in total. The van der Waals surface area contributed by atoms with Gasteiger partial charge >= 0.3 is 0 Å². The predicted molar refractivity (Wildman–Crippen MR) is 98.9 cm³/mol. The lowest BCUT2D eigenvalue weighted by Gasteiger charge is -2.38. The Hall–Kier alpha value is -0.423. The Bertz CT molecular complexity index is 514. The fourth-order valence-corrected chi connectivity index (χ4v) is 9.12. The van der Waals surface area contributed by atoms with Gasteiger partial charge in [-0.05, 0) is 34.3 Å². The average Bonchev–Trinajstić information content (AvgIpc) is 2.38. The van der Waals surface area contributed by atoms with Gasteiger partial charge in [0, 0.05) is 16.5 Å². The van der Waals surface area contributed by atoms with Gasteiger partial charge in [-0.15, -0.1) is 17.1 Å². The van der Waals surface area contributed by atoms with Crippen LogP contribution in [0.2, 0.25) is 21.6 Å². The zero-order valence-corrected chi connectivity index (χ0v) is 16.4. The van der Waals surface area contributed by atoms with Crippen molar-refractivity contribution in [1.82, 2.24) is 0 Å². The number of hydrogen-bond acceptors (Lipinski definition) is 0. The van der Waals surface area contributed by atoms with Crippen molar-refractivity contribution >= 4 is 31.3 Å². The van der Waals surface area contributed by atoms with Crippen LogP contribution in [0.3, 0.4) is 0 Å². The van der Waals surface area contributed by atoms with Crippen LogP contribution in [0, 0.1) is 11.5 Å². The van der Waals surface area contributed by atoms with Crippen LogP contribution in [-0.2, 0) is 5.88 Å². The van der Waals surface area contributed by atoms with Gasteiger partial charge in [-0.1, -0.05) is 65.1 Å². The maximum absolute atomic E-state index is 6.23. The topological polar surface area (TPSA) is 0 Å². The summed E-state index contributed by atoms with van der Waals surface area (Å²) in [5.41, 5.74) is 7.59. The zero-order valence-electron chi connectivity index (χ0n) is 13.9. The Morgan fingerprint density at radius 1 is 1.00 bits per heavy atom. The first-order valence-electron chi connectivity index (χ1n) is 7.63. The van der Waals surface area contributed by atoms with E-state index in [-0.39, 0.29) is 0 Å². The van der Waals surface area contributed by atoms with E-state index in [1.165, 1.54) is 0 Å². The second-order valence-electron chi connectivity index (χ2n) is 6.59. The van der Waals surface area contributed by atoms with Crippen molar-refractivity contribution in [2.75, 3.05) is 0 Å². The lowest BCUT2D eigenvalue weighted by molar-refractivity contribution is 0.838. The Balaban J connectivity index is 3.25. The Morgan fingerprint density at radius 3 is 1.90 bits per heavy atom. The van der Waals surface area contributed by atoms with Crippen molar-refractivity contribution in [2.24, 2.45) is 0 Å². The number of benzene rings is 1. The summed E-state index contributed by atoms with van der Waals surface area (Å²) in [4.78, 5) is 0. The van der Waals surface area contributed by atoms with Crippen molar-refractivity contribution in [3.05, 3.63) is 34.3 Å². The molecule has 116 valence electrons. The van der Waals surface area contributed by atoms with Crippen LogP contribution in [0.15, 0.2) is 18.2 Å². The lowest BCUT2D eigenvalue weighted by Crippen LogP contribution is -2.43. The molecule has 0 saturated carbocycles. The summed E-state index contributed by atoms with van der Waals surface area (Å²) in [6.07, 6.45) is 0. The fourth-order valence-electron chi connectivity index (χ4n) is 3.35. The Labute approximate surface area is 141 Å². The Kier molecular flexibility index (Phi) is 6.85. The highest BCUT2D eigenvalue weighted by atomic mass is 35.5. The van der Waals surface area contributed by atoms with Crippen molar-refractivity contribution in [3.63, 3.8) is 0 Å².